The number of rotatable bonds is 15. The van der Waals surface area contributed by atoms with Crippen LogP contribution in [0.25, 0.3) is 22.4 Å². The number of carbonyl (C=O) groups is 1. The number of nitrogens with one attached hydrogen (secondary N) is 4. The van der Waals surface area contributed by atoms with Crippen molar-refractivity contribution < 1.29 is 4.79 Å². The van der Waals surface area contributed by atoms with Crippen LogP contribution in [0.15, 0.2) is 104 Å². The number of amidine groups is 1. The van der Waals surface area contributed by atoms with Crippen molar-refractivity contribution in [2.24, 2.45) is 12.8 Å². The molecule has 3 aromatic carbocycles. The fourth-order valence-corrected chi connectivity index (χ4v) is 5.67. The minimum absolute atomic E-state index is 0.0504. The van der Waals surface area contributed by atoms with E-state index in [4.69, 9.17) is 33.6 Å². The third-order valence-corrected chi connectivity index (χ3v) is 8.69. The summed E-state index contributed by atoms with van der Waals surface area (Å²) in [4.78, 5) is 17.6. The normalized spacial score (nSPS) is 11.3. The lowest BCUT2D eigenvalue weighted by atomic mass is 9.99. The molecule has 0 aliphatic rings. The first-order valence-corrected chi connectivity index (χ1v) is 17.7. The van der Waals surface area contributed by atoms with E-state index >= 15 is 0 Å². The topological polar surface area (TPSA) is 137 Å². The van der Waals surface area contributed by atoms with Gasteiger partial charge in [-0.25, -0.2) is 15.4 Å². The molecule has 0 saturated heterocycles. The highest BCUT2D eigenvalue weighted by atomic mass is 32.1. The smallest absolute Gasteiger partial charge is 0.147 e. The second-order valence-corrected chi connectivity index (χ2v) is 13.3. The summed E-state index contributed by atoms with van der Waals surface area (Å²) in [6.45, 7) is 21.7. The Bertz CT molecular complexity index is 1920. The number of nitrogens with zero attached hydrogens (tertiary/aromatic N) is 4. The Balaban J connectivity index is 0.00000176. The first-order valence-electron chi connectivity index (χ1n) is 17.2. The molecule has 0 radical (unpaired) electrons. The number of hydrogen-bond acceptors (Lipinski definition) is 9. The van der Waals surface area contributed by atoms with E-state index < -0.39 is 0 Å². The van der Waals surface area contributed by atoms with Crippen molar-refractivity contribution in [1.29, 1.82) is 5.41 Å². The summed E-state index contributed by atoms with van der Waals surface area (Å²) in [5, 5.41) is 16.4. The summed E-state index contributed by atoms with van der Waals surface area (Å²) in [7, 11) is 2.02. The molecule has 0 aliphatic heterocycles. The maximum atomic E-state index is 8.00. The van der Waals surface area contributed by atoms with E-state index in [0.717, 1.165) is 63.7 Å². The van der Waals surface area contributed by atoms with Crippen molar-refractivity contribution in [3.63, 3.8) is 0 Å². The minimum atomic E-state index is -0.329. The molecular weight excluding hydrogens is 667 g/mol. The van der Waals surface area contributed by atoms with Gasteiger partial charge in [-0.3, -0.25) is 10.4 Å². The molecule has 1 atom stereocenters. The van der Waals surface area contributed by atoms with Gasteiger partial charge in [0, 0.05) is 41.3 Å². The molecule has 2 aromatic heterocycles. The average Bonchev–Trinajstić information content (AvgIpc) is 3.48. The van der Waals surface area contributed by atoms with Crippen molar-refractivity contribution in [1.82, 2.24) is 25.3 Å². The van der Waals surface area contributed by atoms with Gasteiger partial charge in [0.05, 0.1) is 28.6 Å². The number of thiol groups is 1. The highest BCUT2D eigenvalue weighted by molar-refractivity contribution is 7.80. The predicted octanol–water partition coefficient (Wildman–Crippen LogP) is 8.07. The van der Waals surface area contributed by atoms with Crippen LogP contribution in [0.4, 0.5) is 11.5 Å². The minimum Gasteiger partial charge on any atom is -0.384 e. The third kappa shape index (κ3) is 11.1. The fraction of sp³-hybridized carbons (Fsp3) is 0.268. The van der Waals surface area contributed by atoms with Gasteiger partial charge in [-0.2, -0.15) is 12.6 Å². The zero-order valence-corrected chi connectivity index (χ0v) is 32.1. The second-order valence-electron chi connectivity index (χ2n) is 12.6. The number of carbonyl (C=O) groups excluding carboxylic acids is 1. The second kappa shape index (κ2) is 19.3. The molecule has 52 heavy (non-hydrogen) atoms. The van der Waals surface area contributed by atoms with Gasteiger partial charge in [0.2, 0.25) is 0 Å². The Morgan fingerprint density at radius 1 is 0.981 bits per heavy atom. The maximum absolute atomic E-state index is 8.00. The van der Waals surface area contributed by atoms with Gasteiger partial charge in [-0.05, 0) is 87.7 Å². The molecule has 0 spiro atoms. The summed E-state index contributed by atoms with van der Waals surface area (Å²) < 4.78 is 2.09. The number of pyridine rings is 1. The van der Waals surface area contributed by atoms with Gasteiger partial charge in [0.1, 0.15) is 24.3 Å². The summed E-state index contributed by atoms with van der Waals surface area (Å²) in [5.74, 6) is 1.68. The van der Waals surface area contributed by atoms with Gasteiger partial charge in [0.15, 0.2) is 0 Å². The Kier molecular flexibility index (Phi) is 15.2. The fourth-order valence-electron chi connectivity index (χ4n) is 5.38. The lowest BCUT2D eigenvalue weighted by Crippen LogP contribution is -2.51. The Labute approximate surface area is 314 Å². The summed E-state index contributed by atoms with van der Waals surface area (Å²) in [6.07, 6.45) is 3.40. The monoisotopic (exact) mass is 719 g/mol. The number of nitrogens with two attached hydrogens (primary N) is 1. The predicted molar refractivity (Wildman–Crippen MR) is 222 cm³/mol. The van der Waals surface area contributed by atoms with Gasteiger partial charge in [-0.15, -0.1) is 0 Å². The molecule has 0 fully saturated rings. The molecule has 2 heterocycles. The molecule has 0 saturated carbocycles. The van der Waals surface area contributed by atoms with Crippen LogP contribution >= 0.6 is 12.6 Å². The van der Waals surface area contributed by atoms with Crippen LogP contribution in [0.1, 0.15) is 68.6 Å². The number of aromatic nitrogens is 3. The molecule has 6 N–H and O–H groups in total. The molecular formula is C41H53N9OS. The number of benzene rings is 3. The molecule has 274 valence electrons. The Hall–Kier alpha value is -5.39. The number of imidazole rings is 1. The lowest BCUT2D eigenvalue weighted by Gasteiger charge is -2.36. The first kappa shape index (κ1) is 41.0. The van der Waals surface area contributed by atoms with Gasteiger partial charge >= 0.3 is 0 Å². The highest BCUT2D eigenvalue weighted by Crippen LogP contribution is 2.28. The average molecular weight is 720 g/mol. The molecule has 0 bridgehead atoms. The van der Waals surface area contributed by atoms with Crippen LogP contribution in [-0.2, 0) is 18.4 Å². The molecule has 1 unspecified atom stereocenters. The molecule has 5 aromatic rings. The molecule has 10 nitrogen and oxygen atoms in total. The number of fused-ring (bicyclic) bond motifs is 1. The van der Waals surface area contributed by atoms with E-state index in [2.05, 4.69) is 102 Å². The lowest BCUT2D eigenvalue weighted by molar-refractivity contribution is -0.0980. The zero-order valence-electron chi connectivity index (χ0n) is 31.2. The maximum Gasteiger partial charge on any atom is 0.147 e. The van der Waals surface area contributed by atoms with E-state index in [1.165, 1.54) is 5.56 Å². The van der Waals surface area contributed by atoms with Gasteiger partial charge < -0.3 is 25.7 Å². The Morgan fingerprint density at radius 2 is 1.62 bits per heavy atom. The quantitative estimate of drug-likeness (QED) is 0.0210. The van der Waals surface area contributed by atoms with E-state index in [0.29, 0.717) is 12.1 Å². The van der Waals surface area contributed by atoms with Crippen LogP contribution in [0, 0.1) is 12.3 Å². The van der Waals surface area contributed by atoms with Gasteiger partial charge in [-0.1, -0.05) is 69.0 Å². The molecule has 5 rings (SSSR count). The number of nitrogen functional groups attached to an aromatic ring is 1. The van der Waals surface area contributed by atoms with Crippen LogP contribution in [0.3, 0.4) is 0 Å². The first-order chi connectivity index (χ1) is 24.9. The van der Waals surface area contributed by atoms with Crippen molar-refractivity contribution >= 4 is 59.2 Å². The summed E-state index contributed by atoms with van der Waals surface area (Å²) in [6, 6.07) is 27.9. The highest BCUT2D eigenvalue weighted by Gasteiger charge is 2.25. The van der Waals surface area contributed by atoms with Crippen LogP contribution in [-0.4, -0.2) is 38.1 Å². The van der Waals surface area contributed by atoms with Crippen LogP contribution in [0.2, 0.25) is 0 Å². The number of hydrazine groups is 1. The SMILES string of the molecule is C=C(NC(S)CCC(C)(C)NN(C(=C)c1ccc2c(c1)nc(CNc1ccc(C(=N)N)cc1)n2C)c1ccccn1)c1ccc(C)cc1.C=O.CC. The molecule has 0 amide bonds. The van der Waals surface area contributed by atoms with E-state index in [9.17, 15) is 0 Å². The van der Waals surface area contributed by atoms with Crippen molar-refractivity contribution in [3.8, 4) is 0 Å². The Morgan fingerprint density at radius 3 is 2.23 bits per heavy atom. The largest absolute Gasteiger partial charge is 0.384 e. The number of anilines is 2. The standard InChI is InChI=1S/C38H45N9S.C2H6.CH2O/c1-25-10-12-28(13-11-25)26(2)43-36(48)20-21-38(4,5)45-47(34-9-7-8-22-41-34)27(3)30-16-19-33-32(23-30)44-35(46(33)6)24-42-31-17-14-29(15-18-31)37(39)40;2*1-2/h7-19,22-23,36,42-43,45,48H,2-3,20-21,24H2,1,4-6H3,(H3,39,40);1-2H3;1H2. The van der Waals surface area contributed by atoms with Crippen LogP contribution in [0.5, 0.6) is 0 Å². The van der Waals surface area contributed by atoms with Gasteiger partial charge in [0.25, 0.3) is 0 Å². The van der Waals surface area contributed by atoms with Crippen LogP contribution < -0.4 is 26.8 Å². The van der Waals surface area contributed by atoms with Crippen molar-refractivity contribution in [2.45, 2.75) is 64.9 Å². The van der Waals surface area contributed by atoms with Crippen molar-refractivity contribution in [2.75, 3.05) is 10.3 Å². The molecule has 0 aliphatic carbocycles. The number of aryl methyl sites for hydroxylation is 2. The van der Waals surface area contributed by atoms with E-state index in [1.807, 2.05) is 75.2 Å². The van der Waals surface area contributed by atoms with E-state index in [1.54, 1.807) is 6.20 Å². The summed E-state index contributed by atoms with van der Waals surface area (Å²) in [5.41, 5.74) is 17.3. The van der Waals surface area contributed by atoms with E-state index in [-0.39, 0.29) is 16.7 Å². The zero-order chi connectivity index (χ0) is 38.4. The molecule has 11 heteroatoms. The third-order valence-electron chi connectivity index (χ3n) is 8.30. The number of hydrogen-bond donors (Lipinski definition) is 6. The summed E-state index contributed by atoms with van der Waals surface area (Å²) >= 11 is 4.83. The van der Waals surface area contributed by atoms with Crippen molar-refractivity contribution in [3.05, 3.63) is 132 Å².